The third-order valence-electron chi connectivity index (χ3n) is 5.48. The number of piperazine rings is 1. The Balaban J connectivity index is 1.53. The number of carbonyl (C=O) groups excluding carboxylic acids is 1. The average molecular weight is 515 g/mol. The molecule has 12 heteroatoms. The lowest BCUT2D eigenvalue weighted by Crippen LogP contribution is -2.44. The molecule has 1 aliphatic rings. The molecule has 0 bridgehead atoms. The summed E-state index contributed by atoms with van der Waals surface area (Å²) >= 11 is 1.32. The number of fused-ring (bicyclic) bond motifs is 1. The Kier molecular flexibility index (Phi) is 6.46. The summed E-state index contributed by atoms with van der Waals surface area (Å²) in [5, 5.41) is 6.39. The van der Waals surface area contributed by atoms with Gasteiger partial charge in [-0.1, -0.05) is 29.5 Å². The standard InChI is InChI=1S/C24H21F3N6O2S/c1-14(34)29-23-32-21-18(3-2-4-19(21)36-23)35-20-13-17(15-5-7-16(8-6-15)24(25,26)27)30-22(31-20)33-11-9-28-10-12-33/h2-8,13,28H,9-12H2,1H3,(H,29,32,34). The molecule has 0 spiro atoms. The number of rotatable bonds is 5. The number of anilines is 2. The van der Waals surface area contributed by atoms with Crippen LogP contribution in [0.4, 0.5) is 24.3 Å². The molecular formula is C24H21F3N6O2S. The molecule has 0 saturated carbocycles. The number of aromatic nitrogens is 3. The van der Waals surface area contributed by atoms with Crippen LogP contribution >= 0.6 is 11.3 Å². The van der Waals surface area contributed by atoms with Crippen molar-refractivity contribution in [3.8, 4) is 22.9 Å². The van der Waals surface area contributed by atoms with Crippen LogP contribution in [0, 0.1) is 0 Å². The summed E-state index contributed by atoms with van der Waals surface area (Å²) in [6.45, 7) is 4.28. The van der Waals surface area contributed by atoms with E-state index in [-0.39, 0.29) is 11.8 Å². The van der Waals surface area contributed by atoms with Gasteiger partial charge in [-0.15, -0.1) is 0 Å². The average Bonchev–Trinajstić information content (AvgIpc) is 3.27. The predicted molar refractivity (Wildman–Crippen MR) is 132 cm³/mol. The molecule has 1 saturated heterocycles. The van der Waals surface area contributed by atoms with Crippen molar-refractivity contribution in [2.45, 2.75) is 13.1 Å². The molecule has 1 aliphatic heterocycles. The number of halogens is 3. The summed E-state index contributed by atoms with van der Waals surface area (Å²) in [5.41, 5.74) is 0.770. The Morgan fingerprint density at radius 3 is 2.53 bits per heavy atom. The Hall–Kier alpha value is -3.77. The summed E-state index contributed by atoms with van der Waals surface area (Å²) in [7, 11) is 0. The fraction of sp³-hybridized carbons (Fsp3) is 0.250. The van der Waals surface area contributed by atoms with Crippen molar-refractivity contribution in [1.29, 1.82) is 0 Å². The number of hydrogen-bond acceptors (Lipinski definition) is 8. The van der Waals surface area contributed by atoms with Crippen LogP contribution in [-0.4, -0.2) is 47.0 Å². The summed E-state index contributed by atoms with van der Waals surface area (Å²) in [6.07, 6.45) is -4.42. The Morgan fingerprint density at radius 1 is 1.08 bits per heavy atom. The molecule has 5 rings (SSSR count). The summed E-state index contributed by atoms with van der Waals surface area (Å²) in [4.78, 5) is 27.1. The van der Waals surface area contributed by atoms with E-state index in [2.05, 4.69) is 25.6 Å². The van der Waals surface area contributed by atoms with Crippen LogP contribution in [0.5, 0.6) is 11.6 Å². The van der Waals surface area contributed by atoms with Crippen molar-refractivity contribution in [2.24, 2.45) is 0 Å². The number of thiazole rings is 1. The topological polar surface area (TPSA) is 92.3 Å². The smallest absolute Gasteiger partial charge is 0.416 e. The Bertz CT molecular complexity index is 1400. The van der Waals surface area contributed by atoms with Crippen LogP contribution in [0.2, 0.25) is 0 Å². The molecule has 4 aromatic rings. The molecule has 3 heterocycles. The maximum atomic E-state index is 13.0. The van der Waals surface area contributed by atoms with E-state index in [9.17, 15) is 18.0 Å². The van der Waals surface area contributed by atoms with Crippen LogP contribution in [0.15, 0.2) is 48.5 Å². The molecule has 1 amide bonds. The van der Waals surface area contributed by atoms with Crippen molar-refractivity contribution < 1.29 is 22.7 Å². The van der Waals surface area contributed by atoms with E-state index in [4.69, 9.17) is 4.74 Å². The van der Waals surface area contributed by atoms with E-state index in [1.165, 1.54) is 30.4 Å². The third-order valence-corrected chi connectivity index (χ3v) is 6.41. The van der Waals surface area contributed by atoms with E-state index in [1.54, 1.807) is 12.1 Å². The minimum Gasteiger partial charge on any atom is -0.437 e. The number of benzene rings is 2. The van der Waals surface area contributed by atoms with Crippen molar-refractivity contribution in [3.63, 3.8) is 0 Å². The van der Waals surface area contributed by atoms with Gasteiger partial charge < -0.3 is 20.3 Å². The lowest BCUT2D eigenvalue weighted by Gasteiger charge is -2.27. The molecular weight excluding hydrogens is 493 g/mol. The fourth-order valence-corrected chi connectivity index (χ4v) is 4.70. The van der Waals surface area contributed by atoms with E-state index in [0.29, 0.717) is 46.7 Å². The summed E-state index contributed by atoms with van der Waals surface area (Å²) in [6, 6.07) is 11.8. The molecule has 2 aromatic heterocycles. The number of hydrogen-bond donors (Lipinski definition) is 2. The molecule has 0 atom stereocenters. The van der Waals surface area contributed by atoms with Crippen LogP contribution < -0.4 is 20.3 Å². The van der Waals surface area contributed by atoms with Gasteiger partial charge in [0.05, 0.1) is 16.0 Å². The van der Waals surface area contributed by atoms with Gasteiger partial charge in [0.2, 0.25) is 17.7 Å². The van der Waals surface area contributed by atoms with Crippen molar-refractivity contribution in [1.82, 2.24) is 20.3 Å². The van der Waals surface area contributed by atoms with E-state index in [1.807, 2.05) is 17.0 Å². The van der Waals surface area contributed by atoms with Crippen molar-refractivity contribution >= 4 is 38.5 Å². The molecule has 0 aliphatic carbocycles. The van der Waals surface area contributed by atoms with Crippen LogP contribution in [-0.2, 0) is 11.0 Å². The lowest BCUT2D eigenvalue weighted by molar-refractivity contribution is -0.137. The molecule has 186 valence electrons. The first-order valence-corrected chi connectivity index (χ1v) is 12.0. The number of alkyl halides is 3. The highest BCUT2D eigenvalue weighted by atomic mass is 32.1. The molecule has 36 heavy (non-hydrogen) atoms. The first kappa shape index (κ1) is 23.9. The highest BCUT2D eigenvalue weighted by molar-refractivity contribution is 7.22. The zero-order valence-electron chi connectivity index (χ0n) is 19.1. The van der Waals surface area contributed by atoms with Gasteiger partial charge in [0.15, 0.2) is 10.9 Å². The maximum absolute atomic E-state index is 13.0. The number of para-hydroxylation sites is 1. The molecule has 0 radical (unpaired) electrons. The van der Waals surface area contributed by atoms with Gasteiger partial charge in [0.25, 0.3) is 0 Å². The third kappa shape index (κ3) is 5.24. The second-order valence-corrected chi connectivity index (χ2v) is 9.14. The van der Waals surface area contributed by atoms with Gasteiger partial charge >= 0.3 is 6.18 Å². The summed E-state index contributed by atoms with van der Waals surface area (Å²) in [5.74, 6) is 0.862. The molecule has 0 unspecified atom stereocenters. The van der Waals surface area contributed by atoms with E-state index in [0.717, 1.165) is 29.9 Å². The second kappa shape index (κ2) is 9.70. The number of carbonyl (C=O) groups is 1. The zero-order valence-corrected chi connectivity index (χ0v) is 19.9. The largest absolute Gasteiger partial charge is 0.437 e. The van der Waals surface area contributed by atoms with E-state index < -0.39 is 11.7 Å². The normalized spacial score (nSPS) is 14.2. The Morgan fingerprint density at radius 2 is 1.83 bits per heavy atom. The molecule has 2 N–H and O–H groups in total. The minimum absolute atomic E-state index is 0.228. The minimum atomic E-state index is -4.42. The van der Waals surface area contributed by atoms with Crippen LogP contribution in [0.25, 0.3) is 21.5 Å². The number of amides is 1. The fourth-order valence-electron chi connectivity index (χ4n) is 3.77. The van der Waals surface area contributed by atoms with Gasteiger partial charge in [-0.3, -0.25) is 4.79 Å². The number of nitrogens with zero attached hydrogens (tertiary/aromatic N) is 4. The SMILES string of the molecule is CC(=O)Nc1nc2c(Oc3cc(-c4ccc(C(F)(F)F)cc4)nc(N4CCNCC4)n3)cccc2s1. The Labute approximate surface area is 208 Å². The first-order valence-electron chi connectivity index (χ1n) is 11.1. The van der Waals surface area contributed by atoms with Gasteiger partial charge in [-0.05, 0) is 24.3 Å². The molecule has 2 aromatic carbocycles. The van der Waals surface area contributed by atoms with Gasteiger partial charge in [-0.2, -0.15) is 18.2 Å². The number of nitrogens with one attached hydrogen (secondary N) is 2. The van der Waals surface area contributed by atoms with Crippen LogP contribution in [0.3, 0.4) is 0 Å². The first-order chi connectivity index (χ1) is 17.3. The van der Waals surface area contributed by atoms with E-state index >= 15 is 0 Å². The van der Waals surface area contributed by atoms with Gasteiger partial charge in [0.1, 0.15) is 5.52 Å². The predicted octanol–water partition coefficient (Wildman–Crippen LogP) is 4.93. The second-order valence-electron chi connectivity index (χ2n) is 8.11. The van der Waals surface area contributed by atoms with Crippen molar-refractivity contribution in [3.05, 3.63) is 54.1 Å². The monoisotopic (exact) mass is 514 g/mol. The van der Waals surface area contributed by atoms with Crippen LogP contribution in [0.1, 0.15) is 12.5 Å². The van der Waals surface area contributed by atoms with Gasteiger partial charge in [0, 0.05) is 44.7 Å². The van der Waals surface area contributed by atoms with Crippen molar-refractivity contribution in [2.75, 3.05) is 36.4 Å². The quantitative estimate of drug-likeness (QED) is 0.390. The summed E-state index contributed by atoms with van der Waals surface area (Å²) < 4.78 is 46.1. The highest BCUT2D eigenvalue weighted by Gasteiger charge is 2.30. The van der Waals surface area contributed by atoms with Gasteiger partial charge in [-0.25, -0.2) is 9.97 Å². The zero-order chi connectivity index (χ0) is 25.3. The molecule has 8 nitrogen and oxygen atoms in total. The number of ether oxygens (including phenoxy) is 1. The highest BCUT2D eigenvalue weighted by Crippen LogP contribution is 2.36. The molecule has 1 fully saturated rings. The lowest BCUT2D eigenvalue weighted by atomic mass is 10.1. The maximum Gasteiger partial charge on any atom is 0.416 e.